The van der Waals surface area contributed by atoms with Crippen LogP contribution in [0.1, 0.15) is 30.6 Å². The third-order valence-electron chi connectivity index (χ3n) is 3.42. The molecule has 0 saturated heterocycles. The van der Waals surface area contributed by atoms with Crippen molar-refractivity contribution in [2.75, 3.05) is 14.2 Å². The highest BCUT2D eigenvalue weighted by molar-refractivity contribution is 6.07. The van der Waals surface area contributed by atoms with Gasteiger partial charge in [0.2, 0.25) is 0 Å². The molecule has 0 radical (unpaired) electrons. The fourth-order valence-corrected chi connectivity index (χ4v) is 2.04. The number of nitrogens with one attached hydrogen (secondary N) is 2. The van der Waals surface area contributed by atoms with Gasteiger partial charge in [-0.1, -0.05) is 6.92 Å². The number of carbonyl (C=O) groups excluding carboxylic acids is 1. The minimum atomic E-state index is -0.0854. The number of ether oxygens (including phenoxy) is 2. The Bertz CT molecular complexity index is 619. The maximum atomic E-state index is 12.2. The van der Waals surface area contributed by atoms with Gasteiger partial charge >= 0.3 is 0 Å². The summed E-state index contributed by atoms with van der Waals surface area (Å²) in [6.45, 7) is 4.02. The lowest BCUT2D eigenvalue weighted by atomic mass is 10.1. The standard InChI is InChI=1S/C15H20N2O3/c1-5-9(2)17-15(18)11-8-16-12-7-14(20-4)13(19-3)6-10(11)12/h6-9,16H,5H2,1-4H3,(H,17,18). The Kier molecular flexibility index (Phi) is 4.17. The summed E-state index contributed by atoms with van der Waals surface area (Å²) in [6.07, 6.45) is 2.60. The van der Waals surface area contributed by atoms with Gasteiger partial charge in [0.1, 0.15) is 0 Å². The molecule has 20 heavy (non-hydrogen) atoms. The van der Waals surface area contributed by atoms with Gasteiger partial charge in [-0.25, -0.2) is 0 Å². The molecule has 0 saturated carbocycles. The van der Waals surface area contributed by atoms with Gasteiger partial charge in [-0.15, -0.1) is 0 Å². The number of benzene rings is 1. The van der Waals surface area contributed by atoms with Crippen molar-refractivity contribution in [3.63, 3.8) is 0 Å². The second-order valence-electron chi connectivity index (χ2n) is 4.74. The SMILES string of the molecule is CCC(C)NC(=O)c1c[nH]c2cc(OC)c(OC)cc12. The lowest BCUT2D eigenvalue weighted by Crippen LogP contribution is -2.31. The smallest absolute Gasteiger partial charge is 0.253 e. The number of hydrogen-bond donors (Lipinski definition) is 2. The molecular weight excluding hydrogens is 256 g/mol. The summed E-state index contributed by atoms with van der Waals surface area (Å²) in [6, 6.07) is 3.79. The van der Waals surface area contributed by atoms with Gasteiger partial charge in [0.05, 0.1) is 25.3 Å². The molecule has 0 fully saturated rings. The number of fused-ring (bicyclic) bond motifs is 1. The molecule has 5 nitrogen and oxygen atoms in total. The van der Waals surface area contributed by atoms with Crippen LogP contribution in [0.15, 0.2) is 18.3 Å². The van der Waals surface area contributed by atoms with Crippen LogP contribution in [-0.4, -0.2) is 31.2 Å². The van der Waals surface area contributed by atoms with Crippen molar-refractivity contribution in [2.45, 2.75) is 26.3 Å². The largest absolute Gasteiger partial charge is 0.493 e. The summed E-state index contributed by atoms with van der Waals surface area (Å²) < 4.78 is 10.5. The van der Waals surface area contributed by atoms with Gasteiger partial charge in [0, 0.05) is 23.7 Å². The molecule has 1 heterocycles. The second-order valence-corrected chi connectivity index (χ2v) is 4.74. The van der Waals surface area contributed by atoms with E-state index in [1.165, 1.54) is 0 Å². The number of H-pyrrole nitrogens is 1. The molecule has 0 aliphatic rings. The van der Waals surface area contributed by atoms with Crippen molar-refractivity contribution in [1.82, 2.24) is 10.3 Å². The van der Waals surface area contributed by atoms with Crippen molar-refractivity contribution in [3.8, 4) is 11.5 Å². The number of amides is 1. The van der Waals surface area contributed by atoms with E-state index in [-0.39, 0.29) is 11.9 Å². The first-order chi connectivity index (χ1) is 9.60. The van der Waals surface area contributed by atoms with E-state index < -0.39 is 0 Å². The van der Waals surface area contributed by atoms with Gasteiger partial charge < -0.3 is 19.8 Å². The highest BCUT2D eigenvalue weighted by Gasteiger charge is 2.16. The molecule has 2 N–H and O–H groups in total. The Hall–Kier alpha value is -2.17. The Morgan fingerprint density at radius 1 is 1.30 bits per heavy atom. The van der Waals surface area contributed by atoms with Crippen LogP contribution in [-0.2, 0) is 0 Å². The molecule has 1 unspecified atom stereocenters. The molecule has 0 aliphatic heterocycles. The van der Waals surface area contributed by atoms with Crippen LogP contribution in [0.3, 0.4) is 0 Å². The first kappa shape index (κ1) is 14.2. The highest BCUT2D eigenvalue weighted by atomic mass is 16.5. The van der Waals surface area contributed by atoms with Crippen LogP contribution < -0.4 is 14.8 Å². The van der Waals surface area contributed by atoms with E-state index in [9.17, 15) is 4.79 Å². The zero-order chi connectivity index (χ0) is 14.7. The normalized spacial score (nSPS) is 12.2. The molecule has 1 aromatic carbocycles. The van der Waals surface area contributed by atoms with Crippen molar-refractivity contribution in [3.05, 3.63) is 23.9 Å². The Balaban J connectivity index is 2.43. The van der Waals surface area contributed by atoms with E-state index >= 15 is 0 Å². The van der Waals surface area contributed by atoms with Crippen molar-refractivity contribution >= 4 is 16.8 Å². The molecule has 5 heteroatoms. The molecule has 0 spiro atoms. The molecule has 0 aliphatic carbocycles. The molecule has 0 bridgehead atoms. The number of aromatic nitrogens is 1. The maximum absolute atomic E-state index is 12.2. The first-order valence-electron chi connectivity index (χ1n) is 6.64. The van der Waals surface area contributed by atoms with Crippen LogP contribution in [0.4, 0.5) is 0 Å². The minimum absolute atomic E-state index is 0.0854. The Labute approximate surface area is 118 Å². The Morgan fingerprint density at radius 3 is 2.55 bits per heavy atom. The van der Waals surface area contributed by atoms with Crippen LogP contribution in [0.25, 0.3) is 10.9 Å². The summed E-state index contributed by atoms with van der Waals surface area (Å²) in [5.41, 5.74) is 1.46. The number of hydrogen-bond acceptors (Lipinski definition) is 3. The molecule has 1 atom stereocenters. The second kappa shape index (κ2) is 5.86. The zero-order valence-corrected chi connectivity index (χ0v) is 12.2. The lowest BCUT2D eigenvalue weighted by molar-refractivity contribution is 0.0941. The van der Waals surface area contributed by atoms with Gasteiger partial charge in [-0.05, 0) is 19.4 Å². The van der Waals surface area contributed by atoms with E-state index in [1.807, 2.05) is 26.0 Å². The third kappa shape index (κ3) is 2.57. The first-order valence-corrected chi connectivity index (χ1v) is 6.64. The topological polar surface area (TPSA) is 63.4 Å². The van der Waals surface area contributed by atoms with Crippen molar-refractivity contribution in [2.24, 2.45) is 0 Å². The summed E-state index contributed by atoms with van der Waals surface area (Å²) in [4.78, 5) is 15.3. The Morgan fingerprint density at radius 2 is 1.95 bits per heavy atom. The average Bonchev–Trinajstić information content (AvgIpc) is 2.88. The monoisotopic (exact) mass is 276 g/mol. The predicted molar refractivity (Wildman–Crippen MR) is 78.6 cm³/mol. The van der Waals surface area contributed by atoms with E-state index in [2.05, 4.69) is 10.3 Å². The van der Waals surface area contributed by atoms with Crippen LogP contribution in [0.5, 0.6) is 11.5 Å². The van der Waals surface area contributed by atoms with E-state index in [1.54, 1.807) is 20.4 Å². The minimum Gasteiger partial charge on any atom is -0.493 e. The van der Waals surface area contributed by atoms with Crippen molar-refractivity contribution < 1.29 is 14.3 Å². The van der Waals surface area contributed by atoms with Crippen molar-refractivity contribution in [1.29, 1.82) is 0 Å². The van der Waals surface area contributed by atoms with E-state index in [4.69, 9.17) is 9.47 Å². The number of rotatable bonds is 5. The maximum Gasteiger partial charge on any atom is 0.253 e. The van der Waals surface area contributed by atoms with E-state index in [0.29, 0.717) is 17.1 Å². The van der Waals surface area contributed by atoms with Gasteiger partial charge in [-0.3, -0.25) is 4.79 Å². The summed E-state index contributed by atoms with van der Waals surface area (Å²) >= 11 is 0. The van der Waals surface area contributed by atoms with Gasteiger partial charge in [0.15, 0.2) is 11.5 Å². The number of aromatic amines is 1. The number of methoxy groups -OCH3 is 2. The van der Waals surface area contributed by atoms with Crippen LogP contribution >= 0.6 is 0 Å². The summed E-state index contributed by atoms with van der Waals surface area (Å²) in [5.74, 6) is 1.16. The third-order valence-corrected chi connectivity index (χ3v) is 3.42. The fourth-order valence-electron chi connectivity index (χ4n) is 2.04. The molecule has 1 aromatic heterocycles. The molecule has 2 aromatic rings. The van der Waals surface area contributed by atoms with Gasteiger partial charge in [-0.2, -0.15) is 0 Å². The summed E-state index contributed by atoms with van der Waals surface area (Å²) in [7, 11) is 3.17. The molecule has 108 valence electrons. The van der Waals surface area contributed by atoms with E-state index in [0.717, 1.165) is 17.3 Å². The fraction of sp³-hybridized carbons (Fsp3) is 0.400. The molecule has 2 rings (SSSR count). The summed E-state index contributed by atoms with van der Waals surface area (Å²) in [5, 5.41) is 3.78. The highest BCUT2D eigenvalue weighted by Crippen LogP contribution is 2.33. The zero-order valence-electron chi connectivity index (χ0n) is 12.2. The quantitative estimate of drug-likeness (QED) is 0.882. The molecular formula is C15H20N2O3. The number of carbonyl (C=O) groups is 1. The lowest BCUT2D eigenvalue weighted by Gasteiger charge is -2.11. The van der Waals surface area contributed by atoms with Crippen LogP contribution in [0, 0.1) is 0 Å². The van der Waals surface area contributed by atoms with Crippen LogP contribution in [0.2, 0.25) is 0 Å². The van der Waals surface area contributed by atoms with Gasteiger partial charge in [0.25, 0.3) is 5.91 Å². The average molecular weight is 276 g/mol. The molecule has 1 amide bonds. The predicted octanol–water partition coefficient (Wildman–Crippen LogP) is 2.71.